The van der Waals surface area contributed by atoms with E-state index in [2.05, 4.69) is 38.2 Å². The number of hydrogen-bond donors (Lipinski definition) is 2. The lowest BCUT2D eigenvalue weighted by Gasteiger charge is -2.23. The van der Waals surface area contributed by atoms with Gasteiger partial charge in [0.2, 0.25) is 0 Å². The Hall–Kier alpha value is -0.860. The number of aliphatic hydroxyl groups excluding tert-OH is 1. The van der Waals surface area contributed by atoms with Crippen LogP contribution in [0.15, 0.2) is 30.3 Å². The van der Waals surface area contributed by atoms with E-state index >= 15 is 0 Å². The van der Waals surface area contributed by atoms with E-state index in [0.717, 1.165) is 12.0 Å². The number of aliphatic hydroxyl groups is 1. The van der Waals surface area contributed by atoms with Crippen molar-refractivity contribution in [2.24, 2.45) is 5.92 Å². The van der Waals surface area contributed by atoms with Crippen LogP contribution in [0, 0.1) is 5.92 Å². The smallest absolute Gasteiger partial charge is 0.0626 e. The number of benzene rings is 1. The first-order valence-electron chi connectivity index (χ1n) is 6.05. The van der Waals surface area contributed by atoms with Crippen LogP contribution >= 0.6 is 0 Å². The average Bonchev–Trinajstić information content (AvgIpc) is 2.26. The summed E-state index contributed by atoms with van der Waals surface area (Å²) in [6.07, 6.45) is 1.13. The van der Waals surface area contributed by atoms with Gasteiger partial charge in [-0.15, -0.1) is 0 Å². The number of nitrogens with one attached hydrogen (secondary N) is 1. The molecular weight excluding hydrogens is 198 g/mol. The zero-order valence-electron chi connectivity index (χ0n) is 10.5. The van der Waals surface area contributed by atoms with Crippen molar-refractivity contribution < 1.29 is 5.11 Å². The first-order chi connectivity index (χ1) is 7.63. The largest absolute Gasteiger partial charge is 0.394 e. The van der Waals surface area contributed by atoms with Crippen molar-refractivity contribution in [3.63, 3.8) is 0 Å². The van der Waals surface area contributed by atoms with Crippen LogP contribution in [-0.4, -0.2) is 17.8 Å². The molecule has 0 bridgehead atoms. The Morgan fingerprint density at radius 3 is 2.25 bits per heavy atom. The van der Waals surface area contributed by atoms with Crippen molar-refractivity contribution in [1.82, 2.24) is 5.32 Å². The molecule has 0 aliphatic rings. The fourth-order valence-electron chi connectivity index (χ4n) is 2.06. The Kier molecular flexibility index (Phi) is 5.50. The zero-order valence-corrected chi connectivity index (χ0v) is 10.5. The monoisotopic (exact) mass is 221 g/mol. The fourth-order valence-corrected chi connectivity index (χ4v) is 2.06. The normalized spacial score (nSPS) is 15.1. The van der Waals surface area contributed by atoms with Gasteiger partial charge in [0.05, 0.1) is 12.6 Å². The molecule has 1 unspecified atom stereocenters. The van der Waals surface area contributed by atoms with Gasteiger partial charge in [-0.3, -0.25) is 0 Å². The zero-order chi connectivity index (χ0) is 12.0. The van der Waals surface area contributed by atoms with E-state index in [4.69, 9.17) is 0 Å². The third-order valence-corrected chi connectivity index (χ3v) is 2.70. The quantitative estimate of drug-likeness (QED) is 0.774. The third-order valence-electron chi connectivity index (χ3n) is 2.70. The van der Waals surface area contributed by atoms with E-state index in [-0.39, 0.29) is 12.6 Å². The standard InChI is InChI=1S/C14H23NO/c1-11(2)9-12(3)15-14(10-16)13-7-5-4-6-8-13/h4-8,11-12,14-16H,9-10H2,1-3H3/t12?,14-/m1/s1. The van der Waals surface area contributed by atoms with E-state index < -0.39 is 0 Å². The lowest BCUT2D eigenvalue weighted by atomic mass is 10.0. The van der Waals surface area contributed by atoms with Gasteiger partial charge in [-0.1, -0.05) is 44.2 Å². The Bertz CT molecular complexity index is 284. The number of hydrogen-bond acceptors (Lipinski definition) is 2. The van der Waals surface area contributed by atoms with E-state index in [9.17, 15) is 5.11 Å². The molecule has 2 atom stereocenters. The Morgan fingerprint density at radius 1 is 1.12 bits per heavy atom. The molecule has 2 nitrogen and oxygen atoms in total. The average molecular weight is 221 g/mol. The summed E-state index contributed by atoms with van der Waals surface area (Å²) in [6.45, 7) is 6.75. The van der Waals surface area contributed by atoms with Crippen LogP contribution in [-0.2, 0) is 0 Å². The van der Waals surface area contributed by atoms with Crippen molar-refractivity contribution in [3.05, 3.63) is 35.9 Å². The van der Waals surface area contributed by atoms with Gasteiger partial charge in [0.15, 0.2) is 0 Å². The Balaban J connectivity index is 2.56. The SMILES string of the molecule is CC(C)CC(C)N[C@H](CO)c1ccccc1. The van der Waals surface area contributed by atoms with E-state index in [1.54, 1.807) is 0 Å². The summed E-state index contributed by atoms with van der Waals surface area (Å²) < 4.78 is 0. The van der Waals surface area contributed by atoms with Crippen molar-refractivity contribution >= 4 is 0 Å². The van der Waals surface area contributed by atoms with Crippen molar-refractivity contribution in [2.45, 2.75) is 39.3 Å². The lowest BCUT2D eigenvalue weighted by molar-refractivity contribution is 0.229. The van der Waals surface area contributed by atoms with Crippen molar-refractivity contribution in [1.29, 1.82) is 0 Å². The minimum Gasteiger partial charge on any atom is -0.394 e. The van der Waals surface area contributed by atoms with Crippen LogP contribution in [0.4, 0.5) is 0 Å². The minimum absolute atomic E-state index is 0.0509. The second-order valence-electron chi connectivity index (χ2n) is 4.84. The maximum atomic E-state index is 9.40. The molecular formula is C14H23NO. The molecule has 90 valence electrons. The van der Waals surface area contributed by atoms with Gasteiger partial charge < -0.3 is 10.4 Å². The highest BCUT2D eigenvalue weighted by Gasteiger charge is 2.13. The summed E-state index contributed by atoms with van der Waals surface area (Å²) in [4.78, 5) is 0. The molecule has 1 rings (SSSR count). The van der Waals surface area contributed by atoms with Crippen LogP contribution < -0.4 is 5.32 Å². The molecule has 2 N–H and O–H groups in total. The Morgan fingerprint density at radius 2 is 1.75 bits per heavy atom. The van der Waals surface area contributed by atoms with Crippen molar-refractivity contribution in [3.8, 4) is 0 Å². The molecule has 16 heavy (non-hydrogen) atoms. The third kappa shape index (κ3) is 4.33. The molecule has 0 spiro atoms. The summed E-state index contributed by atoms with van der Waals surface area (Å²) in [5, 5.41) is 12.9. The fraction of sp³-hybridized carbons (Fsp3) is 0.571. The van der Waals surface area contributed by atoms with Gasteiger partial charge in [0, 0.05) is 6.04 Å². The van der Waals surface area contributed by atoms with Crippen LogP contribution in [0.25, 0.3) is 0 Å². The molecule has 0 aromatic heterocycles. The van der Waals surface area contributed by atoms with Gasteiger partial charge in [-0.05, 0) is 24.8 Å². The van der Waals surface area contributed by atoms with Crippen LogP contribution in [0.1, 0.15) is 38.8 Å². The maximum Gasteiger partial charge on any atom is 0.0626 e. The molecule has 0 saturated heterocycles. The molecule has 0 amide bonds. The predicted octanol–water partition coefficient (Wildman–Crippen LogP) is 2.74. The van der Waals surface area contributed by atoms with E-state index in [1.807, 2.05) is 18.2 Å². The number of rotatable bonds is 6. The van der Waals surface area contributed by atoms with Crippen LogP contribution in [0.5, 0.6) is 0 Å². The van der Waals surface area contributed by atoms with E-state index in [0.29, 0.717) is 12.0 Å². The van der Waals surface area contributed by atoms with Gasteiger partial charge in [0.25, 0.3) is 0 Å². The molecule has 1 aromatic carbocycles. The summed E-state index contributed by atoms with van der Waals surface area (Å²) in [6, 6.07) is 10.6. The molecule has 0 radical (unpaired) electrons. The first-order valence-corrected chi connectivity index (χ1v) is 6.05. The highest BCUT2D eigenvalue weighted by Crippen LogP contribution is 2.14. The van der Waals surface area contributed by atoms with Crippen LogP contribution in [0.3, 0.4) is 0 Å². The first kappa shape index (κ1) is 13.2. The molecule has 0 aliphatic heterocycles. The molecule has 0 aliphatic carbocycles. The summed E-state index contributed by atoms with van der Waals surface area (Å²) in [5.41, 5.74) is 1.15. The highest BCUT2D eigenvalue weighted by atomic mass is 16.3. The molecule has 0 heterocycles. The molecule has 2 heteroatoms. The van der Waals surface area contributed by atoms with Gasteiger partial charge in [-0.2, -0.15) is 0 Å². The van der Waals surface area contributed by atoms with Gasteiger partial charge >= 0.3 is 0 Å². The van der Waals surface area contributed by atoms with Gasteiger partial charge in [-0.25, -0.2) is 0 Å². The second kappa shape index (κ2) is 6.66. The topological polar surface area (TPSA) is 32.3 Å². The second-order valence-corrected chi connectivity index (χ2v) is 4.84. The Labute approximate surface area is 98.7 Å². The van der Waals surface area contributed by atoms with E-state index in [1.165, 1.54) is 0 Å². The molecule has 0 saturated carbocycles. The van der Waals surface area contributed by atoms with Gasteiger partial charge in [0.1, 0.15) is 0 Å². The highest BCUT2D eigenvalue weighted by molar-refractivity contribution is 5.19. The summed E-state index contributed by atoms with van der Waals surface area (Å²) in [5.74, 6) is 0.678. The molecule has 0 fully saturated rings. The van der Waals surface area contributed by atoms with Crippen molar-refractivity contribution in [2.75, 3.05) is 6.61 Å². The predicted molar refractivity (Wildman–Crippen MR) is 68.3 cm³/mol. The summed E-state index contributed by atoms with van der Waals surface area (Å²) in [7, 11) is 0. The minimum atomic E-state index is 0.0509. The lowest BCUT2D eigenvalue weighted by Crippen LogP contribution is -2.33. The molecule has 1 aromatic rings. The van der Waals surface area contributed by atoms with Crippen LogP contribution in [0.2, 0.25) is 0 Å². The summed E-state index contributed by atoms with van der Waals surface area (Å²) >= 11 is 0. The maximum absolute atomic E-state index is 9.40.